The molecular formula is C45H25N5. The molecule has 0 fully saturated rings. The second-order valence-electron chi connectivity index (χ2n) is 12.2. The van der Waals surface area contributed by atoms with E-state index in [-0.39, 0.29) is 5.69 Å². The Kier molecular flexibility index (Phi) is 6.56. The number of nitrogens with zero attached hydrogens (tertiary/aromatic N) is 5. The third-order valence-corrected chi connectivity index (χ3v) is 9.62. The van der Waals surface area contributed by atoms with Crippen LogP contribution in [0.2, 0.25) is 0 Å². The number of rotatable bonds is 4. The van der Waals surface area contributed by atoms with Crippen molar-refractivity contribution in [3.05, 3.63) is 174 Å². The van der Waals surface area contributed by atoms with Crippen LogP contribution in [0.15, 0.2) is 152 Å². The highest BCUT2D eigenvalue weighted by molar-refractivity contribution is 6.11. The first-order valence-electron chi connectivity index (χ1n) is 16.3. The van der Waals surface area contributed by atoms with Gasteiger partial charge >= 0.3 is 0 Å². The molecule has 0 aliphatic heterocycles. The Morgan fingerprint density at radius 1 is 0.460 bits per heavy atom. The Labute approximate surface area is 288 Å². The van der Waals surface area contributed by atoms with Gasteiger partial charge in [0.1, 0.15) is 0 Å². The summed E-state index contributed by atoms with van der Waals surface area (Å²) in [5.41, 5.74) is 10.7. The number of hydrogen-bond acceptors (Lipinski definition) is 2. The van der Waals surface area contributed by atoms with Crippen molar-refractivity contribution in [1.82, 2.24) is 9.13 Å². The van der Waals surface area contributed by atoms with Crippen molar-refractivity contribution in [2.45, 2.75) is 0 Å². The Balaban J connectivity index is 1.32. The van der Waals surface area contributed by atoms with E-state index in [1.165, 1.54) is 10.8 Å². The van der Waals surface area contributed by atoms with Gasteiger partial charge in [-0.15, -0.1) is 0 Å². The molecule has 7 aromatic carbocycles. The summed E-state index contributed by atoms with van der Waals surface area (Å²) in [7, 11) is 0. The fourth-order valence-corrected chi connectivity index (χ4v) is 7.50. The standard InChI is InChI=1S/C45H25N5/c1-48-39-25-30(26-45(38(39)28-47)50-43-21-11-7-17-36(43)37-24-29(27-46)22-23-44(37)50)31-12-2-3-13-32(31)33-14-4-8-18-40(33)49-41-19-9-5-15-34(41)35-16-6-10-20-42(35)49/h2-26H. The van der Waals surface area contributed by atoms with Crippen LogP contribution in [0.25, 0.3) is 82.1 Å². The van der Waals surface area contributed by atoms with Crippen LogP contribution in [-0.2, 0) is 0 Å². The molecule has 0 saturated heterocycles. The van der Waals surface area contributed by atoms with Crippen LogP contribution in [0.1, 0.15) is 11.1 Å². The van der Waals surface area contributed by atoms with Gasteiger partial charge in [0.2, 0.25) is 5.69 Å². The predicted octanol–water partition coefficient (Wildman–Crippen LogP) is 11.5. The van der Waals surface area contributed by atoms with Crippen molar-refractivity contribution >= 4 is 49.3 Å². The van der Waals surface area contributed by atoms with Crippen LogP contribution in [0.4, 0.5) is 5.69 Å². The molecule has 5 heteroatoms. The van der Waals surface area contributed by atoms with Crippen LogP contribution < -0.4 is 0 Å². The molecule has 0 spiro atoms. The zero-order valence-corrected chi connectivity index (χ0v) is 26.7. The number of para-hydroxylation sites is 4. The molecule has 0 N–H and O–H groups in total. The normalized spacial score (nSPS) is 11.1. The molecule has 50 heavy (non-hydrogen) atoms. The maximum absolute atomic E-state index is 10.5. The average Bonchev–Trinajstić information content (AvgIpc) is 3.70. The minimum absolute atomic E-state index is 0.282. The summed E-state index contributed by atoms with van der Waals surface area (Å²) >= 11 is 0. The van der Waals surface area contributed by atoms with E-state index in [1.54, 1.807) is 6.07 Å². The predicted molar refractivity (Wildman–Crippen MR) is 202 cm³/mol. The second-order valence-corrected chi connectivity index (χ2v) is 12.2. The minimum Gasteiger partial charge on any atom is -0.309 e. The molecule has 2 aromatic heterocycles. The largest absolute Gasteiger partial charge is 0.309 e. The van der Waals surface area contributed by atoms with Gasteiger partial charge in [0.05, 0.1) is 63.3 Å². The maximum Gasteiger partial charge on any atom is 0.207 e. The molecule has 0 amide bonds. The van der Waals surface area contributed by atoms with E-state index in [0.29, 0.717) is 16.8 Å². The first kappa shape index (κ1) is 28.8. The van der Waals surface area contributed by atoms with Crippen molar-refractivity contribution in [2.24, 2.45) is 0 Å². The highest BCUT2D eigenvalue weighted by Gasteiger charge is 2.21. The lowest BCUT2D eigenvalue weighted by Crippen LogP contribution is -2.00. The van der Waals surface area contributed by atoms with E-state index in [4.69, 9.17) is 6.57 Å². The van der Waals surface area contributed by atoms with E-state index in [9.17, 15) is 10.5 Å². The van der Waals surface area contributed by atoms with Crippen molar-refractivity contribution in [3.63, 3.8) is 0 Å². The van der Waals surface area contributed by atoms with Gasteiger partial charge < -0.3 is 9.13 Å². The molecular weight excluding hydrogens is 611 g/mol. The molecule has 0 saturated carbocycles. The van der Waals surface area contributed by atoms with Crippen LogP contribution in [0, 0.1) is 29.2 Å². The monoisotopic (exact) mass is 635 g/mol. The van der Waals surface area contributed by atoms with Gasteiger partial charge in [-0.3, -0.25) is 0 Å². The summed E-state index contributed by atoms with van der Waals surface area (Å²) in [6.45, 7) is 8.17. The SMILES string of the molecule is [C-]#[N+]c1cc(-c2ccccc2-c2ccccc2-n2c3ccccc3c3ccccc32)cc(-n2c3ccccc3c3cc(C#N)ccc32)c1C#N. The molecule has 0 bridgehead atoms. The van der Waals surface area contributed by atoms with Crippen LogP contribution in [0.5, 0.6) is 0 Å². The molecule has 0 aliphatic carbocycles. The van der Waals surface area contributed by atoms with Gasteiger partial charge in [0.25, 0.3) is 0 Å². The fraction of sp³-hybridized carbons (Fsp3) is 0. The highest BCUT2D eigenvalue weighted by Crippen LogP contribution is 2.43. The number of benzene rings is 7. The highest BCUT2D eigenvalue weighted by atomic mass is 15.0. The Hall–Kier alpha value is -7.39. The third-order valence-electron chi connectivity index (χ3n) is 9.62. The van der Waals surface area contributed by atoms with E-state index in [0.717, 1.165) is 60.8 Å². The van der Waals surface area contributed by atoms with Gasteiger partial charge in [-0.1, -0.05) is 97.1 Å². The smallest absolute Gasteiger partial charge is 0.207 e. The number of nitriles is 2. The molecule has 0 atom stereocenters. The van der Waals surface area contributed by atoms with E-state index in [1.807, 2.05) is 60.7 Å². The summed E-state index contributed by atoms with van der Waals surface area (Å²) in [4.78, 5) is 3.88. The topological polar surface area (TPSA) is 61.8 Å². The van der Waals surface area contributed by atoms with Crippen molar-refractivity contribution in [1.29, 1.82) is 10.5 Å². The fourth-order valence-electron chi connectivity index (χ4n) is 7.50. The molecule has 0 radical (unpaired) electrons. The lowest BCUT2D eigenvalue weighted by Gasteiger charge is -2.18. The molecule has 9 rings (SSSR count). The summed E-state index contributed by atoms with van der Waals surface area (Å²) in [5, 5.41) is 24.5. The first-order chi connectivity index (χ1) is 24.7. The van der Waals surface area contributed by atoms with Crippen molar-refractivity contribution in [3.8, 4) is 45.8 Å². The van der Waals surface area contributed by atoms with E-state index in [2.05, 4.69) is 111 Å². The molecule has 0 unspecified atom stereocenters. The third kappa shape index (κ3) is 4.24. The number of aromatic nitrogens is 2. The van der Waals surface area contributed by atoms with E-state index >= 15 is 0 Å². The van der Waals surface area contributed by atoms with E-state index < -0.39 is 0 Å². The van der Waals surface area contributed by atoms with Crippen molar-refractivity contribution in [2.75, 3.05) is 0 Å². The summed E-state index contributed by atoms with van der Waals surface area (Å²) < 4.78 is 4.39. The van der Waals surface area contributed by atoms with Gasteiger partial charge in [-0.25, -0.2) is 4.85 Å². The Morgan fingerprint density at radius 2 is 0.980 bits per heavy atom. The minimum atomic E-state index is 0.282. The zero-order chi connectivity index (χ0) is 33.8. The molecule has 230 valence electrons. The van der Waals surface area contributed by atoms with Gasteiger partial charge in [-0.05, 0) is 71.3 Å². The quantitative estimate of drug-likeness (QED) is 0.181. The van der Waals surface area contributed by atoms with Crippen molar-refractivity contribution < 1.29 is 0 Å². The molecule has 9 aromatic rings. The number of fused-ring (bicyclic) bond motifs is 6. The Bertz CT molecular complexity index is 2920. The summed E-state index contributed by atoms with van der Waals surface area (Å²) in [6, 6.07) is 55.8. The summed E-state index contributed by atoms with van der Waals surface area (Å²) in [6.07, 6.45) is 0. The van der Waals surface area contributed by atoms with Crippen LogP contribution in [-0.4, -0.2) is 9.13 Å². The van der Waals surface area contributed by atoms with Crippen LogP contribution in [0.3, 0.4) is 0 Å². The van der Waals surface area contributed by atoms with Gasteiger partial charge in [0.15, 0.2) is 0 Å². The van der Waals surface area contributed by atoms with Gasteiger partial charge in [-0.2, -0.15) is 10.5 Å². The molecule has 2 heterocycles. The zero-order valence-electron chi connectivity index (χ0n) is 26.7. The maximum atomic E-state index is 10.5. The van der Waals surface area contributed by atoms with Gasteiger partial charge in [0, 0.05) is 27.1 Å². The first-order valence-corrected chi connectivity index (χ1v) is 16.3. The van der Waals surface area contributed by atoms with Crippen LogP contribution >= 0.6 is 0 Å². The lowest BCUT2D eigenvalue weighted by molar-refractivity contribution is 1.17. The average molecular weight is 636 g/mol. The molecule has 5 nitrogen and oxygen atoms in total. The Morgan fingerprint density at radius 3 is 1.60 bits per heavy atom. The second kappa shape index (κ2) is 11.4. The number of hydrogen-bond donors (Lipinski definition) is 0. The molecule has 0 aliphatic rings. The lowest BCUT2D eigenvalue weighted by atomic mass is 9.92. The summed E-state index contributed by atoms with van der Waals surface area (Å²) in [5.74, 6) is 0.